The topological polar surface area (TPSA) is 41.9 Å². The number of pyridine rings is 1. The Hall–Kier alpha value is -6.39. The summed E-state index contributed by atoms with van der Waals surface area (Å²) in [7, 11) is 0. The van der Waals surface area contributed by atoms with Gasteiger partial charge in [0.15, 0.2) is 0 Å². The van der Waals surface area contributed by atoms with Crippen LogP contribution in [-0.4, -0.2) is 15.0 Å². The predicted octanol–water partition coefficient (Wildman–Crippen LogP) is 11.1. The summed E-state index contributed by atoms with van der Waals surface area (Å²) in [6.45, 7) is 0. The Bertz CT molecular complexity index is 2330. The number of aromatic nitrogens is 3. The molecule has 4 nitrogen and oxygen atoms in total. The summed E-state index contributed by atoms with van der Waals surface area (Å²) in [5, 5.41) is 2.37. The van der Waals surface area contributed by atoms with E-state index < -0.39 is 0 Å². The highest BCUT2D eigenvalue weighted by Gasteiger charge is 2.28. The van der Waals surface area contributed by atoms with Crippen LogP contribution in [0.2, 0.25) is 0 Å². The smallest absolute Gasteiger partial charge is 0.116 e. The lowest BCUT2D eigenvalue weighted by Gasteiger charge is -2.32. The van der Waals surface area contributed by atoms with Crippen LogP contribution >= 0.6 is 0 Å². The summed E-state index contributed by atoms with van der Waals surface area (Å²) in [5.41, 5.74) is 13.8. The molecule has 0 radical (unpaired) electrons. The number of hydrogen-bond donors (Lipinski definition) is 0. The largest absolute Gasteiger partial charge is 0.306 e. The molecule has 0 saturated heterocycles. The molecule has 0 N–H and O–H groups in total. The highest BCUT2D eigenvalue weighted by Crippen LogP contribution is 2.51. The van der Waals surface area contributed by atoms with E-state index in [4.69, 9.17) is 9.97 Å². The molecule has 9 rings (SSSR count). The second-order valence-electron chi connectivity index (χ2n) is 11.8. The van der Waals surface area contributed by atoms with E-state index in [-0.39, 0.29) is 0 Å². The maximum atomic E-state index is 5.14. The van der Waals surface area contributed by atoms with E-state index in [1.165, 1.54) is 21.9 Å². The molecule has 0 spiro atoms. The van der Waals surface area contributed by atoms with E-state index >= 15 is 0 Å². The van der Waals surface area contributed by atoms with Crippen molar-refractivity contribution in [2.75, 3.05) is 4.90 Å². The molecule has 47 heavy (non-hydrogen) atoms. The van der Waals surface area contributed by atoms with Crippen molar-refractivity contribution in [2.45, 2.75) is 0 Å². The van der Waals surface area contributed by atoms with E-state index in [1.807, 2.05) is 18.3 Å². The van der Waals surface area contributed by atoms with Crippen LogP contribution in [0.25, 0.3) is 66.8 Å². The fraction of sp³-hybridized carbons (Fsp3) is 0. The molecule has 0 fully saturated rings. The Kier molecular flexibility index (Phi) is 6.43. The molecule has 6 aromatic carbocycles. The van der Waals surface area contributed by atoms with Crippen molar-refractivity contribution in [3.05, 3.63) is 170 Å². The van der Waals surface area contributed by atoms with Crippen LogP contribution in [0.1, 0.15) is 0 Å². The lowest BCUT2D eigenvalue weighted by molar-refractivity contribution is 1.13. The zero-order valence-corrected chi connectivity index (χ0v) is 25.5. The minimum atomic E-state index is 0.926. The molecule has 0 bridgehead atoms. The van der Waals surface area contributed by atoms with E-state index in [2.05, 4.69) is 155 Å². The molecule has 0 unspecified atom stereocenters. The first-order valence-corrected chi connectivity index (χ1v) is 15.8. The van der Waals surface area contributed by atoms with Gasteiger partial charge in [-0.25, -0.2) is 15.0 Å². The van der Waals surface area contributed by atoms with E-state index in [0.29, 0.717) is 0 Å². The Morgan fingerprint density at radius 1 is 0.447 bits per heavy atom. The molecule has 0 amide bonds. The zero-order chi connectivity index (χ0) is 31.2. The predicted molar refractivity (Wildman–Crippen MR) is 193 cm³/mol. The average Bonchev–Trinajstić information content (AvgIpc) is 3.16. The quantitative estimate of drug-likeness (QED) is 0.197. The first kappa shape index (κ1) is 27.0. The molecule has 1 aliphatic rings. The van der Waals surface area contributed by atoms with Crippen LogP contribution in [0.4, 0.5) is 17.1 Å². The third-order valence-corrected chi connectivity index (χ3v) is 8.92. The molecule has 4 heteroatoms. The summed E-state index contributed by atoms with van der Waals surface area (Å²) >= 11 is 0. The summed E-state index contributed by atoms with van der Waals surface area (Å²) in [5.74, 6) is 0. The Labute approximate surface area is 273 Å². The van der Waals surface area contributed by atoms with Crippen molar-refractivity contribution in [2.24, 2.45) is 0 Å². The fourth-order valence-electron chi connectivity index (χ4n) is 6.69. The van der Waals surface area contributed by atoms with Gasteiger partial charge in [0, 0.05) is 27.8 Å². The van der Waals surface area contributed by atoms with Gasteiger partial charge in [-0.3, -0.25) is 0 Å². The number of rotatable bonds is 5. The van der Waals surface area contributed by atoms with Gasteiger partial charge < -0.3 is 4.90 Å². The molecule has 0 saturated carbocycles. The Morgan fingerprint density at radius 2 is 1.04 bits per heavy atom. The monoisotopic (exact) mass is 600 g/mol. The summed E-state index contributed by atoms with van der Waals surface area (Å²) in [4.78, 5) is 16.7. The minimum absolute atomic E-state index is 0.926. The Morgan fingerprint density at radius 3 is 1.70 bits per heavy atom. The van der Waals surface area contributed by atoms with Crippen LogP contribution in [0.15, 0.2) is 170 Å². The van der Waals surface area contributed by atoms with Crippen molar-refractivity contribution in [3.8, 4) is 56.0 Å². The molecule has 220 valence electrons. The molecule has 3 heterocycles. The van der Waals surface area contributed by atoms with Gasteiger partial charge in [0.2, 0.25) is 0 Å². The SMILES string of the molecule is c1ccc(-c2cc(-c3ccccc3)nc(-c3ccc(N4c5cncnc5-c5cc(-c6ccccc6)cc6cccc4c56)cc3)c2)cc1. The first-order chi connectivity index (χ1) is 23.3. The van der Waals surface area contributed by atoms with Crippen molar-refractivity contribution in [3.63, 3.8) is 0 Å². The van der Waals surface area contributed by atoms with Gasteiger partial charge >= 0.3 is 0 Å². The first-order valence-electron chi connectivity index (χ1n) is 15.8. The Balaban J connectivity index is 1.17. The maximum absolute atomic E-state index is 5.14. The number of hydrogen-bond acceptors (Lipinski definition) is 4. The van der Waals surface area contributed by atoms with Gasteiger partial charge in [-0.15, -0.1) is 0 Å². The van der Waals surface area contributed by atoms with Crippen molar-refractivity contribution in [1.82, 2.24) is 15.0 Å². The average molecular weight is 601 g/mol. The van der Waals surface area contributed by atoms with Gasteiger partial charge in [0.1, 0.15) is 6.33 Å². The molecule has 8 aromatic rings. The lowest BCUT2D eigenvalue weighted by Crippen LogP contribution is -2.16. The third kappa shape index (κ3) is 4.75. The number of nitrogens with zero attached hydrogens (tertiary/aromatic N) is 4. The van der Waals surface area contributed by atoms with Gasteiger partial charge in [-0.2, -0.15) is 0 Å². The fourth-order valence-corrected chi connectivity index (χ4v) is 6.69. The molecule has 1 aliphatic heterocycles. The highest BCUT2D eigenvalue weighted by atomic mass is 15.2. The van der Waals surface area contributed by atoms with Gasteiger partial charge in [-0.05, 0) is 70.1 Å². The number of benzene rings is 6. The summed E-state index contributed by atoms with van der Waals surface area (Å²) in [6.07, 6.45) is 3.56. The van der Waals surface area contributed by atoms with Crippen molar-refractivity contribution >= 4 is 27.8 Å². The maximum Gasteiger partial charge on any atom is 0.116 e. The summed E-state index contributed by atoms with van der Waals surface area (Å²) < 4.78 is 0. The van der Waals surface area contributed by atoms with Crippen LogP contribution < -0.4 is 4.90 Å². The van der Waals surface area contributed by atoms with E-state index in [9.17, 15) is 0 Å². The van der Waals surface area contributed by atoms with Gasteiger partial charge in [0.05, 0.1) is 34.7 Å². The van der Waals surface area contributed by atoms with Gasteiger partial charge in [0.25, 0.3) is 0 Å². The standard InChI is InChI=1S/C43H28N4/c1-4-11-29(12-5-1)34-23-33-17-10-18-40-42(33)37(24-34)43-41(27-44-28-45-43)47(40)36-21-19-32(20-22-36)39-26-35(30-13-6-2-7-14-30)25-38(46-39)31-15-8-3-9-16-31/h1-28H. The second kappa shape index (κ2) is 11.2. The van der Waals surface area contributed by atoms with Crippen LogP contribution in [0.5, 0.6) is 0 Å². The summed E-state index contributed by atoms with van der Waals surface area (Å²) in [6, 6.07) is 55.5. The number of fused-ring (bicyclic) bond motifs is 2. The zero-order valence-electron chi connectivity index (χ0n) is 25.5. The lowest BCUT2D eigenvalue weighted by atomic mass is 9.90. The molecule has 0 aliphatic carbocycles. The van der Waals surface area contributed by atoms with Crippen LogP contribution in [0.3, 0.4) is 0 Å². The third-order valence-electron chi connectivity index (χ3n) is 8.92. The van der Waals surface area contributed by atoms with Crippen LogP contribution in [-0.2, 0) is 0 Å². The molecular weight excluding hydrogens is 573 g/mol. The molecule has 2 aromatic heterocycles. The molecule has 0 atom stereocenters. The van der Waals surface area contributed by atoms with Crippen molar-refractivity contribution in [1.29, 1.82) is 0 Å². The van der Waals surface area contributed by atoms with E-state index in [1.54, 1.807) is 6.33 Å². The number of anilines is 3. The second-order valence-corrected chi connectivity index (χ2v) is 11.8. The van der Waals surface area contributed by atoms with Crippen molar-refractivity contribution < 1.29 is 0 Å². The van der Waals surface area contributed by atoms with Crippen LogP contribution in [0, 0.1) is 0 Å². The molecular formula is C43H28N4. The van der Waals surface area contributed by atoms with E-state index in [0.717, 1.165) is 62.0 Å². The van der Waals surface area contributed by atoms with Gasteiger partial charge in [-0.1, -0.05) is 115 Å². The minimum Gasteiger partial charge on any atom is -0.306 e. The highest BCUT2D eigenvalue weighted by molar-refractivity contribution is 6.14. The normalized spacial score (nSPS) is 11.8.